The highest BCUT2D eigenvalue weighted by Gasteiger charge is 2.06. The lowest BCUT2D eigenvalue weighted by atomic mass is 10.0. The maximum absolute atomic E-state index is 8.78. The average molecular weight is 264 g/mol. The van der Waals surface area contributed by atoms with Crippen LogP contribution in [0.5, 0.6) is 0 Å². The van der Waals surface area contributed by atoms with Gasteiger partial charge >= 0.3 is 0 Å². The van der Waals surface area contributed by atoms with E-state index in [-0.39, 0.29) is 5.57 Å². The number of anilines is 1. The molecule has 0 amide bonds. The highest BCUT2D eigenvalue weighted by atomic mass is 15.1. The molecule has 0 radical (unpaired) electrons. The minimum atomic E-state index is 0.0951. The van der Waals surface area contributed by atoms with Gasteiger partial charge in [0.1, 0.15) is 17.7 Å². The van der Waals surface area contributed by atoms with Crippen LogP contribution in [0.25, 0.3) is 6.08 Å². The Hall–Kier alpha value is -2.77. The first kappa shape index (κ1) is 15.3. The molecule has 0 spiro atoms. The standard InChI is InChI=1S/C16H16N4/c1-3-20(8-4-7-17)16-6-5-15(13(2)9-16)10-14(11-18)12-19/h5-6,9-10H,3-4,8H2,1-2H3. The van der Waals surface area contributed by atoms with E-state index in [1.54, 1.807) is 6.08 Å². The molecule has 0 bridgehead atoms. The molecule has 0 heterocycles. The Labute approximate surface area is 119 Å². The van der Waals surface area contributed by atoms with Crippen molar-refractivity contribution in [3.05, 3.63) is 34.9 Å². The molecule has 4 nitrogen and oxygen atoms in total. The number of allylic oxidation sites excluding steroid dienone is 1. The zero-order chi connectivity index (χ0) is 15.0. The highest BCUT2D eigenvalue weighted by Crippen LogP contribution is 2.21. The van der Waals surface area contributed by atoms with Gasteiger partial charge < -0.3 is 4.90 Å². The van der Waals surface area contributed by atoms with E-state index in [4.69, 9.17) is 15.8 Å². The molecule has 0 N–H and O–H groups in total. The first-order chi connectivity index (χ1) is 9.65. The third-order valence-electron chi connectivity index (χ3n) is 3.03. The largest absolute Gasteiger partial charge is 0.371 e. The third-order valence-corrected chi connectivity index (χ3v) is 3.03. The monoisotopic (exact) mass is 264 g/mol. The predicted molar refractivity (Wildman–Crippen MR) is 78.5 cm³/mol. The van der Waals surface area contributed by atoms with E-state index >= 15 is 0 Å². The van der Waals surface area contributed by atoms with E-state index in [2.05, 4.69) is 11.0 Å². The Morgan fingerprint density at radius 2 is 1.95 bits per heavy atom. The van der Waals surface area contributed by atoms with E-state index in [1.807, 2.05) is 44.2 Å². The van der Waals surface area contributed by atoms with Gasteiger partial charge in [0.05, 0.1) is 12.5 Å². The SMILES string of the molecule is CCN(CCC#N)c1ccc(C=C(C#N)C#N)c(C)c1. The van der Waals surface area contributed by atoms with Gasteiger partial charge in [-0.3, -0.25) is 0 Å². The second kappa shape index (κ2) is 7.62. The summed E-state index contributed by atoms with van der Waals surface area (Å²) in [5.41, 5.74) is 3.01. The van der Waals surface area contributed by atoms with Crippen LogP contribution in [-0.4, -0.2) is 13.1 Å². The molecule has 100 valence electrons. The van der Waals surface area contributed by atoms with E-state index < -0.39 is 0 Å². The van der Waals surface area contributed by atoms with E-state index in [0.29, 0.717) is 13.0 Å². The summed E-state index contributed by atoms with van der Waals surface area (Å²) in [5, 5.41) is 26.2. The maximum atomic E-state index is 8.78. The molecule has 4 heteroatoms. The lowest BCUT2D eigenvalue weighted by molar-refractivity contribution is 0.826. The number of hydrogen-bond donors (Lipinski definition) is 0. The number of aryl methyl sites for hydroxylation is 1. The second-order valence-corrected chi connectivity index (χ2v) is 4.31. The Bertz CT molecular complexity index is 607. The van der Waals surface area contributed by atoms with Crippen molar-refractivity contribution in [1.82, 2.24) is 0 Å². The van der Waals surface area contributed by atoms with Gasteiger partial charge in [-0.1, -0.05) is 6.07 Å². The van der Waals surface area contributed by atoms with Crippen LogP contribution >= 0.6 is 0 Å². The summed E-state index contributed by atoms with van der Waals surface area (Å²) in [6.45, 7) is 5.52. The Kier molecular flexibility index (Phi) is 5.82. The molecule has 0 aliphatic carbocycles. The molecule has 0 unspecified atom stereocenters. The van der Waals surface area contributed by atoms with Crippen LogP contribution in [0.15, 0.2) is 23.8 Å². The topological polar surface area (TPSA) is 74.6 Å². The summed E-state index contributed by atoms with van der Waals surface area (Å²) in [6, 6.07) is 11.7. The maximum Gasteiger partial charge on any atom is 0.130 e. The molecule has 0 saturated heterocycles. The van der Waals surface area contributed by atoms with Gasteiger partial charge in [0.2, 0.25) is 0 Å². The van der Waals surface area contributed by atoms with Gasteiger partial charge in [-0.15, -0.1) is 0 Å². The predicted octanol–water partition coefficient (Wildman–Crippen LogP) is 3.17. The zero-order valence-corrected chi connectivity index (χ0v) is 11.7. The molecule has 0 atom stereocenters. The van der Waals surface area contributed by atoms with E-state index in [0.717, 1.165) is 23.4 Å². The number of hydrogen-bond acceptors (Lipinski definition) is 4. The smallest absolute Gasteiger partial charge is 0.130 e. The molecule has 20 heavy (non-hydrogen) atoms. The van der Waals surface area contributed by atoms with Crippen molar-refractivity contribution in [1.29, 1.82) is 15.8 Å². The van der Waals surface area contributed by atoms with Crippen molar-refractivity contribution in [2.45, 2.75) is 20.3 Å². The van der Waals surface area contributed by atoms with Crippen LogP contribution < -0.4 is 4.90 Å². The molecule has 0 aromatic heterocycles. The molecular formula is C16H16N4. The van der Waals surface area contributed by atoms with Crippen molar-refractivity contribution >= 4 is 11.8 Å². The van der Waals surface area contributed by atoms with Crippen molar-refractivity contribution in [2.75, 3.05) is 18.0 Å². The second-order valence-electron chi connectivity index (χ2n) is 4.31. The number of nitrogens with zero attached hydrogens (tertiary/aromatic N) is 4. The number of nitriles is 3. The summed E-state index contributed by atoms with van der Waals surface area (Å²) >= 11 is 0. The van der Waals surface area contributed by atoms with Crippen LogP contribution in [-0.2, 0) is 0 Å². The average Bonchev–Trinajstić information content (AvgIpc) is 2.47. The van der Waals surface area contributed by atoms with Gasteiger partial charge in [-0.2, -0.15) is 15.8 Å². The molecule has 0 aliphatic heterocycles. The van der Waals surface area contributed by atoms with Crippen LogP contribution in [0.2, 0.25) is 0 Å². The molecule has 0 aliphatic rings. The minimum absolute atomic E-state index is 0.0951. The third kappa shape index (κ3) is 3.87. The van der Waals surface area contributed by atoms with Crippen molar-refractivity contribution < 1.29 is 0 Å². The minimum Gasteiger partial charge on any atom is -0.371 e. The summed E-state index contributed by atoms with van der Waals surface area (Å²) < 4.78 is 0. The summed E-state index contributed by atoms with van der Waals surface area (Å²) in [4.78, 5) is 2.12. The van der Waals surface area contributed by atoms with Gasteiger partial charge in [0, 0.05) is 18.8 Å². The first-order valence-electron chi connectivity index (χ1n) is 6.40. The molecule has 0 saturated carbocycles. The fraction of sp³-hybridized carbons (Fsp3) is 0.312. The van der Waals surface area contributed by atoms with E-state index in [9.17, 15) is 0 Å². The molecule has 0 fully saturated rings. The van der Waals surface area contributed by atoms with E-state index in [1.165, 1.54) is 0 Å². The fourth-order valence-corrected chi connectivity index (χ4v) is 1.92. The quantitative estimate of drug-likeness (QED) is 0.765. The van der Waals surface area contributed by atoms with Crippen LogP contribution in [0.3, 0.4) is 0 Å². The Morgan fingerprint density at radius 1 is 1.25 bits per heavy atom. The van der Waals surface area contributed by atoms with Gasteiger partial charge in [-0.05, 0) is 43.2 Å². The first-order valence-corrected chi connectivity index (χ1v) is 6.40. The highest BCUT2D eigenvalue weighted by molar-refractivity contribution is 5.66. The summed E-state index contributed by atoms with van der Waals surface area (Å²) in [7, 11) is 0. The van der Waals surface area contributed by atoms with Crippen LogP contribution in [0.1, 0.15) is 24.5 Å². The van der Waals surface area contributed by atoms with Crippen LogP contribution in [0, 0.1) is 40.9 Å². The Morgan fingerprint density at radius 3 is 2.45 bits per heavy atom. The molecule has 1 aromatic carbocycles. The van der Waals surface area contributed by atoms with Gasteiger partial charge in [0.25, 0.3) is 0 Å². The van der Waals surface area contributed by atoms with Gasteiger partial charge in [-0.25, -0.2) is 0 Å². The molecule has 1 aromatic rings. The van der Waals surface area contributed by atoms with Crippen molar-refractivity contribution in [3.8, 4) is 18.2 Å². The molecule has 1 rings (SSSR count). The normalized spacial score (nSPS) is 8.95. The van der Waals surface area contributed by atoms with Crippen molar-refractivity contribution in [2.24, 2.45) is 0 Å². The summed E-state index contributed by atoms with van der Waals surface area (Å²) in [6.07, 6.45) is 2.08. The summed E-state index contributed by atoms with van der Waals surface area (Å²) in [5.74, 6) is 0. The molecular weight excluding hydrogens is 248 g/mol. The number of benzene rings is 1. The van der Waals surface area contributed by atoms with Crippen molar-refractivity contribution in [3.63, 3.8) is 0 Å². The van der Waals surface area contributed by atoms with Gasteiger partial charge in [0.15, 0.2) is 0 Å². The van der Waals surface area contributed by atoms with Crippen LogP contribution in [0.4, 0.5) is 5.69 Å². The lowest BCUT2D eigenvalue weighted by Crippen LogP contribution is -2.23. The lowest BCUT2D eigenvalue weighted by Gasteiger charge is -2.22. The number of rotatable bonds is 5. The zero-order valence-electron chi connectivity index (χ0n) is 11.7. The Balaban J connectivity index is 3.05. The fourth-order valence-electron chi connectivity index (χ4n) is 1.92.